The van der Waals surface area contributed by atoms with Crippen LogP contribution in [0.5, 0.6) is 5.75 Å². The van der Waals surface area contributed by atoms with E-state index >= 15 is 0 Å². The van der Waals surface area contributed by atoms with Gasteiger partial charge in [-0.15, -0.1) is 0 Å². The molecule has 27 heavy (non-hydrogen) atoms. The van der Waals surface area contributed by atoms with E-state index in [1.807, 2.05) is 4.90 Å². The highest BCUT2D eigenvalue weighted by molar-refractivity contribution is 5.91. The molecule has 7 heteroatoms. The molecule has 6 nitrogen and oxygen atoms in total. The summed E-state index contributed by atoms with van der Waals surface area (Å²) in [7, 11) is 0. The molecule has 1 heterocycles. The van der Waals surface area contributed by atoms with Crippen molar-refractivity contribution in [2.75, 3.05) is 37.7 Å². The number of para-hydroxylation sites is 1. The molecule has 1 aliphatic rings. The monoisotopic (exact) mass is 372 g/mol. The lowest BCUT2D eigenvalue weighted by atomic mass is 10.1. The maximum absolute atomic E-state index is 13.9. The molecule has 1 amide bonds. The minimum atomic E-state index is -0.663. The van der Waals surface area contributed by atoms with Crippen LogP contribution in [0.3, 0.4) is 0 Å². The number of rotatable bonds is 4. The molecule has 3 rings (SSSR count). The van der Waals surface area contributed by atoms with E-state index in [-0.39, 0.29) is 29.6 Å². The van der Waals surface area contributed by atoms with Crippen molar-refractivity contribution in [3.05, 3.63) is 59.4 Å². The van der Waals surface area contributed by atoms with E-state index in [4.69, 9.17) is 4.74 Å². The predicted octanol–water partition coefficient (Wildman–Crippen LogP) is 2.35. The Balaban J connectivity index is 1.50. The summed E-state index contributed by atoms with van der Waals surface area (Å²) in [6, 6.07) is 11.0. The van der Waals surface area contributed by atoms with Gasteiger partial charge >= 0.3 is 5.97 Å². The minimum Gasteiger partial charge on any atom is -0.508 e. The second-order valence-electron chi connectivity index (χ2n) is 6.40. The second-order valence-corrected chi connectivity index (χ2v) is 6.40. The first-order valence-electron chi connectivity index (χ1n) is 8.69. The quantitative estimate of drug-likeness (QED) is 0.835. The number of halogens is 1. The van der Waals surface area contributed by atoms with Crippen molar-refractivity contribution in [3.8, 4) is 5.75 Å². The number of hydrogen-bond acceptors (Lipinski definition) is 5. The van der Waals surface area contributed by atoms with Crippen molar-refractivity contribution in [1.29, 1.82) is 0 Å². The van der Waals surface area contributed by atoms with E-state index in [1.54, 1.807) is 36.1 Å². The number of hydrogen-bond donors (Lipinski definition) is 1. The van der Waals surface area contributed by atoms with Crippen molar-refractivity contribution < 1.29 is 23.8 Å². The van der Waals surface area contributed by atoms with Gasteiger partial charge in [0.2, 0.25) is 0 Å². The number of nitrogens with zero attached hydrogens (tertiary/aromatic N) is 2. The van der Waals surface area contributed by atoms with E-state index in [9.17, 15) is 19.1 Å². The van der Waals surface area contributed by atoms with Gasteiger partial charge in [0, 0.05) is 26.2 Å². The Morgan fingerprint density at radius 2 is 1.81 bits per heavy atom. The summed E-state index contributed by atoms with van der Waals surface area (Å²) in [6.07, 6.45) is 0. The molecule has 0 radical (unpaired) electrons. The number of aryl methyl sites for hydroxylation is 1. The molecule has 0 unspecified atom stereocenters. The number of ether oxygens (including phenoxy) is 1. The molecule has 0 saturated carbocycles. The van der Waals surface area contributed by atoms with Crippen LogP contribution in [0.2, 0.25) is 0 Å². The third kappa shape index (κ3) is 4.36. The van der Waals surface area contributed by atoms with E-state index in [0.29, 0.717) is 37.4 Å². The van der Waals surface area contributed by atoms with E-state index < -0.39 is 5.97 Å². The smallest absolute Gasteiger partial charge is 0.338 e. The van der Waals surface area contributed by atoms with Crippen molar-refractivity contribution in [2.24, 2.45) is 0 Å². The highest BCUT2D eigenvalue weighted by Gasteiger charge is 2.23. The van der Waals surface area contributed by atoms with E-state index in [2.05, 4.69) is 0 Å². The van der Waals surface area contributed by atoms with Gasteiger partial charge in [-0.1, -0.05) is 18.2 Å². The summed E-state index contributed by atoms with van der Waals surface area (Å²) in [4.78, 5) is 27.8. The fraction of sp³-hybridized carbons (Fsp3) is 0.300. The topological polar surface area (TPSA) is 70.1 Å². The maximum Gasteiger partial charge on any atom is 0.338 e. The second kappa shape index (κ2) is 8.07. The Morgan fingerprint density at radius 1 is 1.11 bits per heavy atom. The van der Waals surface area contributed by atoms with Gasteiger partial charge < -0.3 is 19.6 Å². The zero-order valence-electron chi connectivity index (χ0n) is 15.0. The fourth-order valence-electron chi connectivity index (χ4n) is 2.94. The Morgan fingerprint density at radius 3 is 2.48 bits per heavy atom. The standard InChI is InChI=1S/C20H21FN2O4/c1-14-6-7-15(12-18(14)24)20(26)27-13-19(25)23-10-8-22(9-11-23)17-5-3-2-4-16(17)21/h2-7,12,24H,8-11,13H2,1H3. The minimum absolute atomic E-state index is 0.0000395. The lowest BCUT2D eigenvalue weighted by molar-refractivity contribution is -0.134. The molecule has 0 bridgehead atoms. The van der Waals surface area contributed by atoms with Crippen LogP contribution in [0.4, 0.5) is 10.1 Å². The molecule has 0 aromatic heterocycles. The molecule has 0 atom stereocenters. The molecule has 142 valence electrons. The van der Waals surface area contributed by atoms with E-state index in [1.165, 1.54) is 18.2 Å². The average Bonchev–Trinajstić information content (AvgIpc) is 2.68. The summed E-state index contributed by atoms with van der Waals surface area (Å²) in [5.74, 6) is -1.25. The Kier molecular flexibility index (Phi) is 5.59. The van der Waals surface area contributed by atoms with Gasteiger partial charge in [0.25, 0.3) is 5.91 Å². The van der Waals surface area contributed by atoms with Gasteiger partial charge in [0.1, 0.15) is 11.6 Å². The van der Waals surface area contributed by atoms with Crippen LogP contribution in [-0.4, -0.2) is 54.7 Å². The number of amides is 1. The number of esters is 1. The lowest BCUT2D eigenvalue weighted by Gasteiger charge is -2.36. The highest BCUT2D eigenvalue weighted by atomic mass is 19.1. The predicted molar refractivity (Wildman–Crippen MR) is 98.3 cm³/mol. The van der Waals surface area contributed by atoms with Crippen LogP contribution in [0.15, 0.2) is 42.5 Å². The SMILES string of the molecule is Cc1ccc(C(=O)OCC(=O)N2CCN(c3ccccc3F)CC2)cc1O. The Hall–Kier alpha value is -3.09. The molecule has 1 saturated heterocycles. The van der Waals surface area contributed by atoms with E-state index in [0.717, 1.165) is 0 Å². The summed E-state index contributed by atoms with van der Waals surface area (Å²) in [6.45, 7) is 3.22. The van der Waals surface area contributed by atoms with Crippen molar-refractivity contribution in [3.63, 3.8) is 0 Å². The number of phenols is 1. The summed E-state index contributed by atoms with van der Waals surface area (Å²) in [5, 5.41) is 9.65. The average molecular weight is 372 g/mol. The van der Waals surface area contributed by atoms with Gasteiger partial charge in [-0.3, -0.25) is 4.79 Å². The molecule has 0 spiro atoms. The first kappa shape index (κ1) is 18.7. The third-order valence-electron chi connectivity index (χ3n) is 4.60. The number of benzene rings is 2. The zero-order valence-corrected chi connectivity index (χ0v) is 15.0. The van der Waals surface area contributed by atoms with Gasteiger partial charge in [-0.05, 0) is 36.8 Å². The molecule has 0 aliphatic carbocycles. The van der Waals surface area contributed by atoms with Crippen molar-refractivity contribution in [1.82, 2.24) is 4.90 Å². The summed E-state index contributed by atoms with van der Waals surface area (Å²) in [5.41, 5.74) is 1.36. The molecule has 2 aromatic rings. The summed E-state index contributed by atoms with van der Waals surface area (Å²) >= 11 is 0. The van der Waals surface area contributed by atoms with Gasteiger partial charge in [-0.25, -0.2) is 9.18 Å². The first-order valence-corrected chi connectivity index (χ1v) is 8.69. The first-order chi connectivity index (χ1) is 13.0. The van der Waals surface area contributed by atoms with Gasteiger partial charge in [-0.2, -0.15) is 0 Å². The van der Waals surface area contributed by atoms with Gasteiger partial charge in [0.15, 0.2) is 6.61 Å². The maximum atomic E-state index is 13.9. The number of anilines is 1. The van der Waals surface area contributed by atoms with Crippen LogP contribution < -0.4 is 4.90 Å². The molecular weight excluding hydrogens is 351 g/mol. The number of aromatic hydroxyl groups is 1. The largest absolute Gasteiger partial charge is 0.508 e. The highest BCUT2D eigenvalue weighted by Crippen LogP contribution is 2.20. The Labute approximate surface area is 156 Å². The number of piperazine rings is 1. The van der Waals surface area contributed by atoms with Crippen LogP contribution in [0.1, 0.15) is 15.9 Å². The van der Waals surface area contributed by atoms with Crippen LogP contribution >= 0.6 is 0 Å². The van der Waals surface area contributed by atoms with Crippen LogP contribution in [0, 0.1) is 12.7 Å². The summed E-state index contributed by atoms with van der Waals surface area (Å²) < 4.78 is 18.9. The number of carbonyl (C=O) groups is 2. The third-order valence-corrected chi connectivity index (χ3v) is 4.60. The number of phenolic OH excluding ortho intramolecular Hbond substituents is 1. The molecule has 2 aromatic carbocycles. The number of carbonyl (C=O) groups excluding carboxylic acids is 2. The van der Waals surface area contributed by atoms with Crippen LogP contribution in [0.25, 0.3) is 0 Å². The van der Waals surface area contributed by atoms with Crippen molar-refractivity contribution in [2.45, 2.75) is 6.92 Å². The molecule has 1 N–H and O–H groups in total. The molecule has 1 aliphatic heterocycles. The van der Waals surface area contributed by atoms with Crippen molar-refractivity contribution >= 4 is 17.6 Å². The lowest BCUT2D eigenvalue weighted by Crippen LogP contribution is -2.50. The zero-order chi connectivity index (χ0) is 19.4. The normalized spacial score (nSPS) is 14.1. The fourth-order valence-corrected chi connectivity index (χ4v) is 2.94. The molecular formula is C20H21FN2O4. The molecule has 1 fully saturated rings. The van der Waals surface area contributed by atoms with Gasteiger partial charge in [0.05, 0.1) is 11.3 Å². The van der Waals surface area contributed by atoms with Crippen LogP contribution in [-0.2, 0) is 9.53 Å². The Bertz CT molecular complexity index is 848.